The molecule has 0 fully saturated rings. The van der Waals surface area contributed by atoms with Crippen molar-refractivity contribution in [2.75, 3.05) is 7.11 Å². The second kappa shape index (κ2) is 5.73. The Hall–Kier alpha value is -3.08. The van der Waals surface area contributed by atoms with Crippen LogP contribution in [0.4, 0.5) is 0 Å². The predicted octanol–water partition coefficient (Wildman–Crippen LogP) is 3.45. The number of aromatic amines is 1. The lowest BCUT2D eigenvalue weighted by atomic mass is 10.1. The average Bonchev–Trinajstić information content (AvgIpc) is 3.01. The second-order valence-corrected chi connectivity index (χ2v) is 4.74. The summed E-state index contributed by atoms with van der Waals surface area (Å²) in [5.41, 5.74) is 3.15. The van der Waals surface area contributed by atoms with Gasteiger partial charge >= 0.3 is 5.97 Å². The predicted molar refractivity (Wildman–Crippen MR) is 83.0 cm³/mol. The maximum Gasteiger partial charge on any atom is 0.337 e. The number of benzene rings is 1. The Bertz CT molecular complexity index is 810. The van der Waals surface area contributed by atoms with Crippen molar-refractivity contribution >= 4 is 5.97 Å². The molecule has 3 aromatic rings. The van der Waals surface area contributed by atoms with Gasteiger partial charge in [0.2, 0.25) is 0 Å². The van der Waals surface area contributed by atoms with E-state index in [0.29, 0.717) is 11.4 Å². The summed E-state index contributed by atoms with van der Waals surface area (Å²) >= 11 is 0. The standard InChI is InChI=1S/C17H14N2O3/c1-22-13-4-2-3-12(9-13)16-14(17(20)21)10-15(19-16)11-5-7-18-8-6-11/h2-10,19H,1H3,(H,20,21). The first-order chi connectivity index (χ1) is 10.7. The molecule has 2 heterocycles. The van der Waals surface area contributed by atoms with Gasteiger partial charge in [0.15, 0.2) is 0 Å². The van der Waals surface area contributed by atoms with E-state index in [4.69, 9.17) is 4.74 Å². The van der Waals surface area contributed by atoms with Gasteiger partial charge in [-0.3, -0.25) is 4.98 Å². The number of aromatic carboxylic acids is 1. The Morgan fingerprint density at radius 1 is 1.14 bits per heavy atom. The van der Waals surface area contributed by atoms with E-state index in [9.17, 15) is 9.90 Å². The highest BCUT2D eigenvalue weighted by Gasteiger charge is 2.17. The quantitative estimate of drug-likeness (QED) is 0.772. The molecule has 0 amide bonds. The van der Waals surface area contributed by atoms with E-state index in [1.165, 1.54) is 0 Å². The maximum absolute atomic E-state index is 11.5. The zero-order valence-corrected chi connectivity index (χ0v) is 11.9. The fourth-order valence-electron chi connectivity index (χ4n) is 2.32. The third-order valence-electron chi connectivity index (χ3n) is 3.40. The molecule has 0 unspecified atom stereocenters. The van der Waals surface area contributed by atoms with E-state index in [1.54, 1.807) is 31.6 Å². The van der Waals surface area contributed by atoms with Crippen LogP contribution in [-0.2, 0) is 0 Å². The largest absolute Gasteiger partial charge is 0.497 e. The number of nitrogens with zero attached hydrogens (tertiary/aromatic N) is 1. The number of methoxy groups -OCH3 is 1. The van der Waals surface area contributed by atoms with Crippen molar-refractivity contribution in [1.29, 1.82) is 0 Å². The summed E-state index contributed by atoms with van der Waals surface area (Å²) < 4.78 is 5.20. The summed E-state index contributed by atoms with van der Waals surface area (Å²) in [7, 11) is 1.58. The van der Waals surface area contributed by atoms with Gasteiger partial charge in [-0.15, -0.1) is 0 Å². The maximum atomic E-state index is 11.5. The zero-order valence-electron chi connectivity index (χ0n) is 11.9. The molecule has 0 saturated heterocycles. The van der Waals surface area contributed by atoms with Gasteiger partial charge in [-0.05, 0) is 30.3 Å². The van der Waals surface area contributed by atoms with Crippen molar-refractivity contribution in [1.82, 2.24) is 9.97 Å². The third kappa shape index (κ3) is 2.56. The number of aromatic nitrogens is 2. The molecule has 2 aromatic heterocycles. The molecule has 0 bridgehead atoms. The first-order valence-corrected chi connectivity index (χ1v) is 6.70. The number of carboxylic acid groups (broad SMARTS) is 1. The van der Waals surface area contributed by atoms with Gasteiger partial charge in [-0.2, -0.15) is 0 Å². The van der Waals surface area contributed by atoms with Gasteiger partial charge in [0.25, 0.3) is 0 Å². The van der Waals surface area contributed by atoms with Crippen molar-refractivity contribution in [3.8, 4) is 28.3 Å². The summed E-state index contributed by atoms with van der Waals surface area (Å²) in [5, 5.41) is 9.45. The van der Waals surface area contributed by atoms with Crippen LogP contribution in [0.25, 0.3) is 22.5 Å². The monoisotopic (exact) mass is 294 g/mol. The fraction of sp³-hybridized carbons (Fsp3) is 0.0588. The van der Waals surface area contributed by atoms with Crippen LogP contribution in [0.15, 0.2) is 54.9 Å². The van der Waals surface area contributed by atoms with Crippen molar-refractivity contribution in [3.63, 3.8) is 0 Å². The molecule has 0 aliphatic heterocycles. The Morgan fingerprint density at radius 3 is 2.59 bits per heavy atom. The van der Waals surface area contributed by atoms with Crippen LogP contribution >= 0.6 is 0 Å². The van der Waals surface area contributed by atoms with Crippen LogP contribution in [0.1, 0.15) is 10.4 Å². The van der Waals surface area contributed by atoms with Crippen LogP contribution in [0.3, 0.4) is 0 Å². The Balaban J connectivity index is 2.14. The Kier molecular flexibility index (Phi) is 3.62. The minimum absolute atomic E-state index is 0.222. The molecule has 110 valence electrons. The number of rotatable bonds is 4. The number of ether oxygens (including phenoxy) is 1. The summed E-state index contributed by atoms with van der Waals surface area (Å²) in [6.07, 6.45) is 3.34. The first-order valence-electron chi connectivity index (χ1n) is 6.70. The molecule has 5 nitrogen and oxygen atoms in total. The molecule has 2 N–H and O–H groups in total. The molecule has 0 radical (unpaired) electrons. The molecule has 0 saturated carbocycles. The zero-order chi connectivity index (χ0) is 15.5. The lowest BCUT2D eigenvalue weighted by molar-refractivity contribution is 0.0698. The second-order valence-electron chi connectivity index (χ2n) is 4.74. The molecule has 0 atom stereocenters. The molecule has 5 heteroatoms. The summed E-state index contributed by atoms with van der Waals surface area (Å²) in [6.45, 7) is 0. The van der Waals surface area contributed by atoms with E-state index in [2.05, 4.69) is 9.97 Å². The lowest BCUT2D eigenvalue weighted by Crippen LogP contribution is -1.96. The molecule has 0 spiro atoms. The number of hydrogen-bond donors (Lipinski definition) is 2. The van der Waals surface area contributed by atoms with Crippen LogP contribution < -0.4 is 4.74 Å². The lowest BCUT2D eigenvalue weighted by Gasteiger charge is -2.04. The van der Waals surface area contributed by atoms with Crippen LogP contribution in [0.5, 0.6) is 5.75 Å². The highest BCUT2D eigenvalue weighted by molar-refractivity contribution is 5.97. The normalized spacial score (nSPS) is 10.4. The summed E-state index contributed by atoms with van der Waals surface area (Å²) in [5.74, 6) is -0.303. The molecule has 3 rings (SSSR count). The van der Waals surface area contributed by atoms with Crippen molar-refractivity contribution in [2.45, 2.75) is 0 Å². The summed E-state index contributed by atoms with van der Waals surface area (Å²) in [4.78, 5) is 18.7. The van der Waals surface area contributed by atoms with E-state index in [1.807, 2.05) is 30.3 Å². The molecule has 0 aliphatic carbocycles. The fourth-order valence-corrected chi connectivity index (χ4v) is 2.32. The number of nitrogens with one attached hydrogen (secondary N) is 1. The Labute approximate surface area is 127 Å². The highest BCUT2D eigenvalue weighted by atomic mass is 16.5. The smallest absolute Gasteiger partial charge is 0.337 e. The minimum atomic E-state index is -0.977. The Morgan fingerprint density at radius 2 is 1.91 bits per heavy atom. The number of pyridine rings is 1. The number of carbonyl (C=O) groups is 1. The van der Waals surface area contributed by atoms with E-state index < -0.39 is 5.97 Å². The number of H-pyrrole nitrogens is 1. The summed E-state index contributed by atoms with van der Waals surface area (Å²) in [6, 6.07) is 12.6. The molecular formula is C17H14N2O3. The molecule has 0 aliphatic rings. The van der Waals surface area contributed by atoms with Crippen LogP contribution in [-0.4, -0.2) is 28.2 Å². The minimum Gasteiger partial charge on any atom is -0.497 e. The topological polar surface area (TPSA) is 75.2 Å². The van der Waals surface area contributed by atoms with E-state index in [-0.39, 0.29) is 5.56 Å². The van der Waals surface area contributed by atoms with Crippen LogP contribution in [0, 0.1) is 0 Å². The molecule has 22 heavy (non-hydrogen) atoms. The van der Waals surface area contributed by atoms with Gasteiger partial charge in [-0.1, -0.05) is 12.1 Å². The van der Waals surface area contributed by atoms with E-state index >= 15 is 0 Å². The molecule has 1 aromatic carbocycles. The van der Waals surface area contributed by atoms with Crippen LogP contribution in [0.2, 0.25) is 0 Å². The van der Waals surface area contributed by atoms with Crippen molar-refractivity contribution in [2.24, 2.45) is 0 Å². The van der Waals surface area contributed by atoms with E-state index in [0.717, 1.165) is 16.8 Å². The number of carboxylic acids is 1. The van der Waals surface area contributed by atoms with Gasteiger partial charge in [0, 0.05) is 29.2 Å². The van der Waals surface area contributed by atoms with Gasteiger partial charge in [-0.25, -0.2) is 4.79 Å². The first kappa shape index (κ1) is 13.9. The van der Waals surface area contributed by atoms with Gasteiger partial charge < -0.3 is 14.8 Å². The van der Waals surface area contributed by atoms with Crippen molar-refractivity contribution < 1.29 is 14.6 Å². The SMILES string of the molecule is COc1cccc(-c2[nH]c(-c3ccncc3)cc2C(=O)O)c1. The van der Waals surface area contributed by atoms with Gasteiger partial charge in [0.05, 0.1) is 18.4 Å². The van der Waals surface area contributed by atoms with Gasteiger partial charge in [0.1, 0.15) is 5.75 Å². The van der Waals surface area contributed by atoms with Crippen molar-refractivity contribution in [3.05, 3.63) is 60.4 Å². The molecular weight excluding hydrogens is 280 g/mol. The average molecular weight is 294 g/mol. The highest BCUT2D eigenvalue weighted by Crippen LogP contribution is 2.30. The third-order valence-corrected chi connectivity index (χ3v) is 3.40. The number of hydrogen-bond acceptors (Lipinski definition) is 3.